The van der Waals surface area contributed by atoms with Crippen LogP contribution in [0.2, 0.25) is 0 Å². The first-order valence-corrected chi connectivity index (χ1v) is 8.10. The van der Waals surface area contributed by atoms with Crippen LogP contribution < -0.4 is 0 Å². The maximum Gasteiger partial charge on any atom is 0.307 e. The lowest BCUT2D eigenvalue weighted by Crippen LogP contribution is -2.38. The van der Waals surface area contributed by atoms with E-state index >= 15 is 0 Å². The van der Waals surface area contributed by atoms with Crippen molar-refractivity contribution in [2.75, 3.05) is 19.6 Å². The third kappa shape index (κ3) is 13.2. The fraction of sp³-hybridized carbons (Fsp3) is 0.706. The van der Waals surface area contributed by atoms with Gasteiger partial charge in [0.1, 0.15) is 5.60 Å². The number of ether oxygens (including phenoxy) is 1. The molecule has 8 nitrogen and oxygen atoms in total. The summed E-state index contributed by atoms with van der Waals surface area (Å²) in [5, 5.41) is 19.0. The van der Waals surface area contributed by atoms with E-state index in [-0.39, 0.29) is 26.1 Å². The number of carbonyl (C=O) groups excluding carboxylic acids is 3. The molecule has 0 unspecified atom stereocenters. The topological polar surface area (TPSA) is 107 Å². The molecule has 1 rings (SSSR count). The fourth-order valence-corrected chi connectivity index (χ4v) is 1.59. The Morgan fingerprint density at radius 2 is 1.52 bits per heavy atom. The van der Waals surface area contributed by atoms with Crippen LogP contribution in [0.5, 0.6) is 0 Å². The number of hydroxylamine groups is 2. The molecule has 0 spiro atoms. The first kappa shape index (κ1) is 23.2. The van der Waals surface area contributed by atoms with Gasteiger partial charge in [-0.15, -0.1) is 0 Å². The van der Waals surface area contributed by atoms with E-state index in [9.17, 15) is 19.6 Å². The van der Waals surface area contributed by atoms with Crippen molar-refractivity contribution in [2.24, 2.45) is 0 Å². The zero-order valence-corrected chi connectivity index (χ0v) is 15.9. The average Bonchev–Trinajstić information content (AvgIpc) is 2.69. The van der Waals surface area contributed by atoms with Crippen molar-refractivity contribution in [1.29, 1.82) is 0 Å². The van der Waals surface area contributed by atoms with Crippen molar-refractivity contribution >= 4 is 17.8 Å². The molecule has 0 atom stereocenters. The van der Waals surface area contributed by atoms with Gasteiger partial charge in [0.2, 0.25) is 0 Å². The minimum atomic E-state index is -0.558. The standard InChI is InChI=1S/C13H20N2O5.C4H10O/c1-13(2,3)20-12(18)6-7-14(19)8-9-15-10(16)4-5-11(15)17;1-4(2,3)5/h4-5,19H,6-9H2,1-3H3;5H,1-3H3. The van der Waals surface area contributed by atoms with Gasteiger partial charge in [0.15, 0.2) is 0 Å². The quantitative estimate of drug-likeness (QED) is 0.416. The maximum absolute atomic E-state index is 11.4. The lowest BCUT2D eigenvalue weighted by molar-refractivity contribution is -0.160. The van der Waals surface area contributed by atoms with Gasteiger partial charge in [0, 0.05) is 31.8 Å². The summed E-state index contributed by atoms with van der Waals surface area (Å²) in [4.78, 5) is 35.0. The van der Waals surface area contributed by atoms with Gasteiger partial charge in [-0.2, -0.15) is 5.06 Å². The van der Waals surface area contributed by atoms with Crippen LogP contribution in [0.25, 0.3) is 0 Å². The number of carbonyl (C=O) groups is 3. The molecule has 0 aliphatic carbocycles. The Morgan fingerprint density at radius 3 is 1.92 bits per heavy atom. The van der Waals surface area contributed by atoms with E-state index in [1.54, 1.807) is 41.5 Å². The average molecular weight is 358 g/mol. The molecule has 0 saturated carbocycles. The Morgan fingerprint density at radius 1 is 1.08 bits per heavy atom. The highest BCUT2D eigenvalue weighted by Gasteiger charge is 2.23. The summed E-state index contributed by atoms with van der Waals surface area (Å²) in [6, 6.07) is 0. The lowest BCUT2D eigenvalue weighted by Gasteiger charge is -2.21. The minimum absolute atomic E-state index is 0.0356. The third-order valence-electron chi connectivity index (χ3n) is 2.48. The van der Waals surface area contributed by atoms with Crippen LogP contribution in [-0.2, 0) is 19.1 Å². The van der Waals surface area contributed by atoms with E-state index in [0.717, 1.165) is 9.96 Å². The SMILES string of the molecule is CC(C)(C)O.CC(C)(C)OC(=O)CCN(O)CCN1C(=O)C=CC1=O. The summed E-state index contributed by atoms with van der Waals surface area (Å²) < 4.78 is 5.09. The van der Waals surface area contributed by atoms with E-state index in [4.69, 9.17) is 9.84 Å². The predicted molar refractivity (Wildman–Crippen MR) is 91.7 cm³/mol. The second-order valence-corrected chi connectivity index (χ2v) is 7.62. The first-order chi connectivity index (χ1) is 11.2. The largest absolute Gasteiger partial charge is 0.460 e. The number of hydrogen-bond donors (Lipinski definition) is 2. The van der Waals surface area contributed by atoms with E-state index in [1.165, 1.54) is 12.2 Å². The molecule has 1 aliphatic heterocycles. The van der Waals surface area contributed by atoms with E-state index in [1.807, 2.05) is 0 Å². The van der Waals surface area contributed by atoms with E-state index < -0.39 is 29.0 Å². The van der Waals surface area contributed by atoms with Crippen LogP contribution >= 0.6 is 0 Å². The first-order valence-electron chi connectivity index (χ1n) is 8.10. The number of rotatable bonds is 6. The molecule has 0 aromatic heterocycles. The van der Waals surface area contributed by atoms with Crippen LogP contribution in [-0.4, -0.2) is 68.9 Å². The molecule has 1 heterocycles. The van der Waals surface area contributed by atoms with Gasteiger partial charge >= 0.3 is 5.97 Å². The van der Waals surface area contributed by atoms with Crippen LogP contribution in [0.1, 0.15) is 48.0 Å². The second-order valence-electron chi connectivity index (χ2n) is 7.62. The highest BCUT2D eigenvalue weighted by Crippen LogP contribution is 2.08. The molecular weight excluding hydrogens is 328 g/mol. The Balaban J connectivity index is 0.00000101. The van der Waals surface area contributed by atoms with Crippen molar-refractivity contribution < 1.29 is 29.4 Å². The molecule has 8 heteroatoms. The normalized spacial score (nSPS) is 14.7. The summed E-state index contributed by atoms with van der Waals surface area (Å²) in [5.74, 6) is -1.20. The molecular formula is C17H30N2O6. The molecule has 0 bridgehead atoms. The highest BCUT2D eigenvalue weighted by atomic mass is 16.6. The molecule has 0 aromatic carbocycles. The van der Waals surface area contributed by atoms with Crippen LogP contribution in [0.15, 0.2) is 12.2 Å². The zero-order valence-electron chi connectivity index (χ0n) is 15.9. The number of amides is 2. The number of aliphatic hydroxyl groups is 1. The van der Waals surface area contributed by atoms with Gasteiger partial charge in [-0.3, -0.25) is 19.3 Å². The molecule has 1 aliphatic rings. The maximum atomic E-state index is 11.4. The molecule has 144 valence electrons. The number of imide groups is 1. The van der Waals surface area contributed by atoms with Crippen LogP contribution in [0.3, 0.4) is 0 Å². The van der Waals surface area contributed by atoms with Crippen LogP contribution in [0.4, 0.5) is 0 Å². The van der Waals surface area contributed by atoms with Gasteiger partial charge in [-0.1, -0.05) is 0 Å². The Bertz CT molecular complexity index is 478. The summed E-state index contributed by atoms with van der Waals surface area (Å²) in [6.45, 7) is 10.8. The van der Waals surface area contributed by atoms with Gasteiger partial charge in [0.05, 0.1) is 12.0 Å². The summed E-state index contributed by atoms with van der Waals surface area (Å²) in [5.41, 5.74) is -1.06. The van der Waals surface area contributed by atoms with Crippen molar-refractivity contribution in [3.63, 3.8) is 0 Å². The van der Waals surface area contributed by atoms with E-state index in [0.29, 0.717) is 0 Å². The van der Waals surface area contributed by atoms with Crippen LogP contribution in [0, 0.1) is 0 Å². The van der Waals surface area contributed by atoms with Gasteiger partial charge in [0.25, 0.3) is 11.8 Å². The Kier molecular flexibility index (Phi) is 8.96. The molecule has 2 amide bonds. The molecule has 0 radical (unpaired) electrons. The summed E-state index contributed by atoms with van der Waals surface area (Å²) >= 11 is 0. The smallest absolute Gasteiger partial charge is 0.307 e. The molecule has 0 aromatic rings. The van der Waals surface area contributed by atoms with Crippen molar-refractivity contribution in [1.82, 2.24) is 9.96 Å². The number of hydrogen-bond acceptors (Lipinski definition) is 7. The van der Waals surface area contributed by atoms with Crippen molar-refractivity contribution in [3.05, 3.63) is 12.2 Å². The highest BCUT2D eigenvalue weighted by molar-refractivity contribution is 6.12. The van der Waals surface area contributed by atoms with E-state index in [2.05, 4.69) is 0 Å². The molecule has 25 heavy (non-hydrogen) atoms. The monoisotopic (exact) mass is 358 g/mol. The van der Waals surface area contributed by atoms with Crippen molar-refractivity contribution in [2.45, 2.75) is 59.2 Å². The van der Waals surface area contributed by atoms with Gasteiger partial charge < -0.3 is 15.1 Å². The minimum Gasteiger partial charge on any atom is -0.460 e. The molecule has 0 saturated heterocycles. The summed E-state index contributed by atoms with van der Waals surface area (Å²) in [6.07, 6.45) is 2.41. The second kappa shape index (κ2) is 9.65. The Hall–Kier alpha value is -1.77. The zero-order chi connectivity index (χ0) is 19.8. The molecule has 0 fully saturated rings. The third-order valence-corrected chi connectivity index (χ3v) is 2.48. The summed E-state index contributed by atoms with van der Waals surface area (Å²) in [7, 11) is 0. The Labute approximate surface area is 149 Å². The van der Waals surface area contributed by atoms with Gasteiger partial charge in [-0.25, -0.2) is 0 Å². The lowest BCUT2D eigenvalue weighted by atomic mass is 10.2. The number of esters is 1. The van der Waals surface area contributed by atoms with Crippen molar-refractivity contribution in [3.8, 4) is 0 Å². The fourth-order valence-electron chi connectivity index (χ4n) is 1.59. The predicted octanol–water partition coefficient (Wildman–Crippen LogP) is 1.11. The van der Waals surface area contributed by atoms with Gasteiger partial charge in [-0.05, 0) is 41.5 Å². The molecule has 2 N–H and O–H groups in total. The number of nitrogens with zero attached hydrogens (tertiary/aromatic N) is 2.